The molecule has 0 aliphatic carbocycles. The summed E-state index contributed by atoms with van der Waals surface area (Å²) in [5.74, 6) is 0. The van der Waals surface area contributed by atoms with E-state index < -0.39 is 0 Å². The minimum absolute atomic E-state index is 1.06. The third-order valence-corrected chi connectivity index (χ3v) is 6.65. The molecule has 37 heavy (non-hydrogen) atoms. The summed E-state index contributed by atoms with van der Waals surface area (Å²) < 4.78 is 0. The van der Waals surface area contributed by atoms with Crippen LogP contribution in [-0.4, -0.2) is 0 Å². The molecule has 0 heterocycles. The molecule has 0 unspecified atom stereocenters. The van der Waals surface area contributed by atoms with Crippen LogP contribution in [0.4, 0.5) is 11.4 Å². The lowest BCUT2D eigenvalue weighted by atomic mass is 9.90. The molecule has 1 nitrogen and oxygen atoms in total. The smallest absolute Gasteiger partial charge is 0.0544 e. The Hall–Kier alpha value is -4.88. The summed E-state index contributed by atoms with van der Waals surface area (Å²) in [6, 6.07) is 55.7. The summed E-state index contributed by atoms with van der Waals surface area (Å²) in [5, 5.41) is 3.83. The zero-order valence-electron chi connectivity index (χ0n) is 20.5. The molecule has 0 aromatic heterocycles. The van der Waals surface area contributed by atoms with E-state index >= 15 is 0 Å². The maximum Gasteiger partial charge on any atom is 0.0544 e. The van der Waals surface area contributed by atoms with Gasteiger partial charge in [-0.1, -0.05) is 133 Å². The van der Waals surface area contributed by atoms with Crippen molar-refractivity contribution >= 4 is 11.4 Å². The van der Waals surface area contributed by atoms with Gasteiger partial charge in [0.05, 0.1) is 5.69 Å². The van der Waals surface area contributed by atoms with E-state index in [2.05, 4.69) is 163 Å². The highest BCUT2D eigenvalue weighted by Gasteiger charge is 2.16. The zero-order valence-corrected chi connectivity index (χ0v) is 20.5. The van der Waals surface area contributed by atoms with E-state index in [1.165, 1.54) is 44.5 Å². The zero-order chi connectivity index (χ0) is 24.9. The van der Waals surface area contributed by atoms with Crippen molar-refractivity contribution in [3.63, 3.8) is 0 Å². The van der Waals surface area contributed by atoms with Gasteiger partial charge in [-0.15, -0.1) is 0 Å². The Kier molecular flexibility index (Phi) is 6.34. The number of benzene rings is 6. The molecule has 0 spiro atoms. The Morgan fingerprint density at radius 2 is 0.703 bits per heavy atom. The average Bonchev–Trinajstić information content (AvgIpc) is 2.99. The molecule has 0 atom stereocenters. The van der Waals surface area contributed by atoms with E-state index in [0.717, 1.165) is 11.4 Å². The highest BCUT2D eigenvalue weighted by atomic mass is 14.9. The molecule has 6 rings (SSSR count). The van der Waals surface area contributed by atoms with Crippen molar-refractivity contribution < 1.29 is 0 Å². The van der Waals surface area contributed by atoms with E-state index in [1.54, 1.807) is 0 Å². The minimum Gasteiger partial charge on any atom is -0.354 e. The fourth-order valence-corrected chi connectivity index (χ4v) is 4.82. The Balaban J connectivity index is 1.56. The van der Waals surface area contributed by atoms with Gasteiger partial charge in [0.1, 0.15) is 0 Å². The lowest BCUT2D eigenvalue weighted by Crippen LogP contribution is -1.98. The van der Waals surface area contributed by atoms with E-state index in [1.807, 2.05) is 0 Å². The lowest BCUT2D eigenvalue weighted by molar-refractivity contribution is 1.51. The van der Waals surface area contributed by atoms with Crippen molar-refractivity contribution in [1.82, 2.24) is 0 Å². The molecule has 1 N–H and O–H groups in total. The second kappa shape index (κ2) is 10.4. The lowest BCUT2D eigenvalue weighted by Gasteiger charge is -2.20. The third kappa shape index (κ3) is 4.94. The van der Waals surface area contributed by atoms with Gasteiger partial charge in [-0.2, -0.15) is 0 Å². The normalized spacial score (nSPS) is 10.7. The fourth-order valence-electron chi connectivity index (χ4n) is 4.82. The molecular formula is C36H27N. The summed E-state index contributed by atoms with van der Waals surface area (Å²) in [7, 11) is 0. The summed E-state index contributed by atoms with van der Waals surface area (Å²) in [4.78, 5) is 0. The van der Waals surface area contributed by atoms with Crippen LogP contribution in [0.2, 0.25) is 0 Å². The molecule has 6 aromatic carbocycles. The monoisotopic (exact) mass is 473 g/mol. The van der Waals surface area contributed by atoms with E-state index in [9.17, 15) is 0 Å². The van der Waals surface area contributed by atoms with Gasteiger partial charge in [0.15, 0.2) is 0 Å². The van der Waals surface area contributed by atoms with Gasteiger partial charge in [-0.25, -0.2) is 0 Å². The standard InChI is InChI=1S/C36H27N/c1-5-14-27(15-6-1)31-22-13-23-33(24-31)37-36-34(29-18-9-3-10-19-29)25-32(28-16-7-2-8-17-28)26-35(36)30-20-11-4-12-21-30/h1-26,37H. The molecule has 176 valence electrons. The SMILES string of the molecule is c1ccc(-c2cccc(Nc3c(-c4ccccc4)cc(-c4ccccc4)cc3-c3ccccc3)c2)cc1. The number of nitrogens with one attached hydrogen (secondary N) is 1. The Morgan fingerprint density at radius 1 is 0.297 bits per heavy atom. The number of hydrogen-bond acceptors (Lipinski definition) is 1. The van der Waals surface area contributed by atoms with Crippen LogP contribution in [0.3, 0.4) is 0 Å². The number of hydrogen-bond donors (Lipinski definition) is 1. The van der Waals surface area contributed by atoms with Crippen molar-refractivity contribution in [2.24, 2.45) is 0 Å². The largest absolute Gasteiger partial charge is 0.354 e. The molecule has 0 fully saturated rings. The molecule has 0 radical (unpaired) electrons. The average molecular weight is 474 g/mol. The molecule has 1 heteroatoms. The topological polar surface area (TPSA) is 12.0 Å². The van der Waals surface area contributed by atoms with Crippen LogP contribution in [0.1, 0.15) is 0 Å². The second-order valence-corrected chi connectivity index (χ2v) is 9.12. The molecule has 0 aliphatic rings. The molecule has 0 amide bonds. The first-order valence-electron chi connectivity index (χ1n) is 12.6. The quantitative estimate of drug-likeness (QED) is 0.254. The number of anilines is 2. The molecular weight excluding hydrogens is 446 g/mol. The maximum atomic E-state index is 3.83. The van der Waals surface area contributed by atoms with Crippen LogP contribution < -0.4 is 5.32 Å². The third-order valence-electron chi connectivity index (χ3n) is 6.65. The van der Waals surface area contributed by atoms with Gasteiger partial charge in [0.2, 0.25) is 0 Å². The summed E-state index contributed by atoms with van der Waals surface area (Å²) in [5.41, 5.74) is 11.7. The van der Waals surface area contributed by atoms with Crippen LogP contribution in [0.25, 0.3) is 44.5 Å². The van der Waals surface area contributed by atoms with Gasteiger partial charge in [0.25, 0.3) is 0 Å². The van der Waals surface area contributed by atoms with E-state index in [0.29, 0.717) is 0 Å². The van der Waals surface area contributed by atoms with Gasteiger partial charge >= 0.3 is 0 Å². The van der Waals surface area contributed by atoms with Crippen LogP contribution in [0.15, 0.2) is 158 Å². The first-order chi connectivity index (χ1) is 18.3. The Labute approximate surface area is 218 Å². The van der Waals surface area contributed by atoms with E-state index in [4.69, 9.17) is 0 Å². The highest BCUT2D eigenvalue weighted by molar-refractivity contribution is 5.96. The van der Waals surface area contributed by atoms with Crippen LogP contribution in [0.5, 0.6) is 0 Å². The summed E-state index contributed by atoms with van der Waals surface area (Å²) in [6.45, 7) is 0. The fraction of sp³-hybridized carbons (Fsp3) is 0. The van der Waals surface area contributed by atoms with Crippen molar-refractivity contribution in [1.29, 1.82) is 0 Å². The van der Waals surface area contributed by atoms with Crippen molar-refractivity contribution in [2.45, 2.75) is 0 Å². The molecule has 0 saturated carbocycles. The summed E-state index contributed by atoms with van der Waals surface area (Å²) in [6.07, 6.45) is 0. The number of rotatable bonds is 6. The predicted octanol–water partition coefficient (Wildman–Crippen LogP) is 10.1. The Morgan fingerprint density at radius 3 is 1.19 bits per heavy atom. The summed E-state index contributed by atoms with van der Waals surface area (Å²) >= 11 is 0. The van der Waals surface area contributed by atoms with Gasteiger partial charge in [-0.3, -0.25) is 0 Å². The molecule has 0 aliphatic heterocycles. The minimum atomic E-state index is 1.06. The van der Waals surface area contributed by atoms with E-state index in [-0.39, 0.29) is 0 Å². The first-order valence-corrected chi connectivity index (χ1v) is 12.6. The van der Waals surface area contributed by atoms with Gasteiger partial charge in [0, 0.05) is 16.8 Å². The first kappa shape index (κ1) is 22.6. The molecule has 6 aromatic rings. The van der Waals surface area contributed by atoms with Crippen molar-refractivity contribution in [2.75, 3.05) is 5.32 Å². The predicted molar refractivity (Wildman–Crippen MR) is 158 cm³/mol. The van der Waals surface area contributed by atoms with Crippen molar-refractivity contribution in [3.05, 3.63) is 158 Å². The van der Waals surface area contributed by atoms with Crippen LogP contribution in [-0.2, 0) is 0 Å². The van der Waals surface area contributed by atoms with Crippen LogP contribution in [0, 0.1) is 0 Å². The van der Waals surface area contributed by atoms with Gasteiger partial charge < -0.3 is 5.32 Å². The molecule has 0 saturated heterocycles. The molecule has 0 bridgehead atoms. The highest BCUT2D eigenvalue weighted by Crippen LogP contribution is 2.42. The van der Waals surface area contributed by atoms with Crippen molar-refractivity contribution in [3.8, 4) is 44.5 Å². The van der Waals surface area contributed by atoms with Crippen LogP contribution >= 0.6 is 0 Å². The maximum absolute atomic E-state index is 3.83. The Bertz CT molecular complexity index is 1550. The second-order valence-electron chi connectivity index (χ2n) is 9.12. The van der Waals surface area contributed by atoms with Gasteiger partial charge in [-0.05, 0) is 57.6 Å².